The second-order valence-corrected chi connectivity index (χ2v) is 9.19. The van der Waals surface area contributed by atoms with Gasteiger partial charge >= 0.3 is 6.09 Å². The third-order valence-corrected chi connectivity index (χ3v) is 6.80. The van der Waals surface area contributed by atoms with Gasteiger partial charge in [-0.15, -0.1) is 0 Å². The molecule has 0 saturated carbocycles. The molecule has 1 atom stereocenters. The van der Waals surface area contributed by atoms with Crippen molar-refractivity contribution >= 4 is 35.2 Å². The van der Waals surface area contributed by atoms with Crippen molar-refractivity contribution in [3.63, 3.8) is 0 Å². The summed E-state index contributed by atoms with van der Waals surface area (Å²) in [6.07, 6.45) is 3.64. The molecule has 2 fully saturated rings. The molecule has 3 heterocycles. The minimum Gasteiger partial charge on any atom is -0.444 e. The third-order valence-electron chi connectivity index (χ3n) is 6.80. The minimum atomic E-state index is -0.653. The van der Waals surface area contributed by atoms with Crippen LogP contribution in [0.15, 0.2) is 42.5 Å². The number of anilines is 2. The van der Waals surface area contributed by atoms with Crippen LogP contribution in [0.5, 0.6) is 0 Å². The number of hydrogen-bond acceptors (Lipinski definition) is 6. The topological polar surface area (TPSA) is 108 Å². The van der Waals surface area contributed by atoms with E-state index >= 15 is 0 Å². The van der Waals surface area contributed by atoms with E-state index in [0.29, 0.717) is 29.8 Å². The van der Waals surface area contributed by atoms with E-state index in [1.165, 1.54) is 24.2 Å². The van der Waals surface area contributed by atoms with Crippen molar-refractivity contribution in [2.24, 2.45) is 0 Å². The van der Waals surface area contributed by atoms with Crippen LogP contribution in [0.1, 0.15) is 56.4 Å². The highest BCUT2D eigenvalue weighted by molar-refractivity contribution is 6.05. The highest BCUT2D eigenvalue weighted by Gasteiger charge is 2.39. The Morgan fingerprint density at radius 1 is 1.06 bits per heavy atom. The summed E-state index contributed by atoms with van der Waals surface area (Å²) < 4.78 is 5.36. The number of carbonyl (C=O) groups excluding carboxylic acids is 4. The van der Waals surface area contributed by atoms with Gasteiger partial charge in [0.25, 0.3) is 5.91 Å². The Kier molecular flexibility index (Phi) is 6.39. The lowest BCUT2D eigenvalue weighted by Crippen LogP contribution is -2.52. The highest BCUT2D eigenvalue weighted by Crippen LogP contribution is 2.28. The molecule has 0 radical (unpaired) electrons. The molecule has 0 aromatic heterocycles. The largest absolute Gasteiger partial charge is 0.444 e. The quantitative estimate of drug-likeness (QED) is 0.632. The molecule has 186 valence electrons. The summed E-state index contributed by atoms with van der Waals surface area (Å²) in [7, 11) is 0. The summed E-state index contributed by atoms with van der Waals surface area (Å²) in [5.74, 6) is -1.01. The zero-order chi connectivity index (χ0) is 24.4. The monoisotopic (exact) mass is 480 g/mol. The Morgan fingerprint density at radius 3 is 2.57 bits per heavy atom. The maximum Gasteiger partial charge on any atom is 0.411 e. The van der Waals surface area contributed by atoms with E-state index in [0.717, 1.165) is 24.3 Å². The van der Waals surface area contributed by atoms with Crippen molar-refractivity contribution < 1.29 is 26.8 Å². The van der Waals surface area contributed by atoms with Crippen molar-refractivity contribution in [2.75, 3.05) is 23.3 Å². The molecule has 4 amide bonds. The van der Waals surface area contributed by atoms with Gasteiger partial charge in [-0.25, -0.2) is 4.79 Å². The molecule has 1 unspecified atom stereocenters. The van der Waals surface area contributed by atoms with Crippen LogP contribution in [0.3, 0.4) is 0 Å². The second-order valence-electron chi connectivity index (χ2n) is 9.19. The van der Waals surface area contributed by atoms with Crippen molar-refractivity contribution in [1.82, 2.24) is 10.2 Å². The van der Waals surface area contributed by atoms with Gasteiger partial charge in [-0.3, -0.25) is 25.0 Å². The highest BCUT2D eigenvalue weighted by atomic mass is 16.5. The van der Waals surface area contributed by atoms with Crippen LogP contribution in [-0.4, -0.2) is 47.8 Å². The van der Waals surface area contributed by atoms with Crippen LogP contribution in [0.25, 0.3) is 0 Å². The fourth-order valence-corrected chi connectivity index (χ4v) is 4.90. The van der Waals surface area contributed by atoms with Gasteiger partial charge in [-0.2, -0.15) is 0 Å². The molecule has 3 aliphatic rings. The first-order chi connectivity index (χ1) is 17.0. The number of amides is 4. The predicted octanol–water partition coefficient (Wildman–Crippen LogP) is 3.68. The van der Waals surface area contributed by atoms with Crippen LogP contribution < -0.4 is 15.5 Å². The van der Waals surface area contributed by atoms with Crippen LogP contribution >= 0.6 is 0 Å². The number of imide groups is 1. The molecule has 2 N–H and O–H groups in total. The zero-order valence-corrected chi connectivity index (χ0v) is 19.4. The van der Waals surface area contributed by atoms with Crippen molar-refractivity contribution in [2.45, 2.75) is 51.3 Å². The summed E-state index contributed by atoms with van der Waals surface area (Å²) in [5, 5.41) is 5.03. The number of benzene rings is 2. The summed E-state index contributed by atoms with van der Waals surface area (Å²) in [5.41, 5.74) is 3.78. The van der Waals surface area contributed by atoms with E-state index in [2.05, 4.69) is 15.5 Å². The minimum absolute atomic E-state index is 0. The van der Waals surface area contributed by atoms with E-state index in [1.807, 2.05) is 30.3 Å². The molecular weight excluding hydrogens is 448 g/mol. The molecule has 9 nitrogen and oxygen atoms in total. The molecule has 2 aromatic rings. The number of ether oxygens (including phenoxy) is 1. The van der Waals surface area contributed by atoms with Gasteiger partial charge in [0.2, 0.25) is 11.8 Å². The lowest BCUT2D eigenvalue weighted by atomic mass is 10.0. The van der Waals surface area contributed by atoms with Gasteiger partial charge in [0, 0.05) is 45.8 Å². The fraction of sp³-hybridized carbons (Fsp3) is 0.385. The van der Waals surface area contributed by atoms with Crippen LogP contribution in [0.2, 0.25) is 0 Å². The van der Waals surface area contributed by atoms with E-state index in [-0.39, 0.29) is 27.7 Å². The van der Waals surface area contributed by atoms with Gasteiger partial charge in [0.15, 0.2) is 0 Å². The lowest BCUT2D eigenvalue weighted by molar-refractivity contribution is -0.136. The molecule has 5 rings (SSSR count). The molecule has 2 aromatic carbocycles. The van der Waals surface area contributed by atoms with E-state index in [4.69, 9.17) is 4.74 Å². The number of nitrogens with zero attached hydrogens (tertiary/aromatic N) is 2. The summed E-state index contributed by atoms with van der Waals surface area (Å²) in [6, 6.07) is 12.4. The normalized spacial score (nSPS) is 19.9. The Hall–Kier alpha value is -3.88. The van der Waals surface area contributed by atoms with E-state index < -0.39 is 18.0 Å². The molecule has 0 spiro atoms. The molecule has 0 aliphatic carbocycles. The summed E-state index contributed by atoms with van der Waals surface area (Å²) in [4.78, 5) is 52.7. The average molecular weight is 481 g/mol. The molecular formula is C26H32N4O5. The average Bonchev–Trinajstić information content (AvgIpc) is 3.19. The first kappa shape index (κ1) is 22.9. The second kappa shape index (κ2) is 9.77. The van der Waals surface area contributed by atoms with Crippen LogP contribution in [0, 0.1) is 0 Å². The van der Waals surface area contributed by atoms with Crippen molar-refractivity contribution in [1.29, 1.82) is 0 Å². The van der Waals surface area contributed by atoms with Gasteiger partial charge in [0.05, 0.1) is 0 Å². The van der Waals surface area contributed by atoms with Crippen molar-refractivity contribution in [3.8, 4) is 0 Å². The summed E-state index contributed by atoms with van der Waals surface area (Å²) in [6.45, 7) is 2.44. The lowest BCUT2D eigenvalue weighted by Gasteiger charge is -2.29. The van der Waals surface area contributed by atoms with Gasteiger partial charge in [-0.1, -0.05) is 12.1 Å². The molecule has 3 aliphatic heterocycles. The number of hydrogen-bond donors (Lipinski definition) is 2. The van der Waals surface area contributed by atoms with Gasteiger partial charge in [-0.05, 0) is 67.1 Å². The maximum absolute atomic E-state index is 12.9. The Bertz CT molecular complexity index is 1170. The van der Waals surface area contributed by atoms with Gasteiger partial charge < -0.3 is 14.5 Å². The smallest absolute Gasteiger partial charge is 0.411 e. The number of piperidine rings is 2. The molecule has 0 bridgehead atoms. The molecule has 35 heavy (non-hydrogen) atoms. The maximum atomic E-state index is 12.9. The first-order valence-corrected chi connectivity index (χ1v) is 12.0. The molecule has 2 saturated heterocycles. The Morgan fingerprint density at radius 2 is 1.83 bits per heavy atom. The SMILES string of the molecule is O=C1CCC(N2Cc3ccc(COC(=O)Nc4ccc(N5CCCCC5)cc4)cc3C2=O)C(=O)N1.[HH].[HH]. The first-order valence-electron chi connectivity index (χ1n) is 12.0. The Balaban J connectivity index is 0.00000190. The molecule has 9 heteroatoms. The fourth-order valence-electron chi connectivity index (χ4n) is 4.90. The predicted molar refractivity (Wildman–Crippen MR) is 133 cm³/mol. The van der Waals surface area contributed by atoms with E-state index in [1.54, 1.807) is 12.1 Å². The number of nitrogens with one attached hydrogen (secondary N) is 2. The van der Waals surface area contributed by atoms with Crippen LogP contribution in [-0.2, 0) is 27.5 Å². The number of carbonyl (C=O) groups is 4. The summed E-state index contributed by atoms with van der Waals surface area (Å²) >= 11 is 0. The van der Waals surface area contributed by atoms with Crippen molar-refractivity contribution in [3.05, 3.63) is 59.2 Å². The third kappa shape index (κ3) is 4.99. The zero-order valence-electron chi connectivity index (χ0n) is 19.4. The van der Waals surface area contributed by atoms with Crippen LogP contribution in [0.4, 0.5) is 16.2 Å². The number of rotatable bonds is 5. The number of fused-ring (bicyclic) bond motifs is 1. The standard InChI is InChI=1S/C26H28N4O5.2H2/c31-23-11-10-22(24(32)28-23)30-15-18-5-4-17(14-21(18)25(30)33)16-35-26(34)27-19-6-8-20(9-7-19)29-12-2-1-3-13-29;;/h4-9,14,22H,1-3,10-13,15-16H2,(H,27,34)(H,28,31,32);2*1H. The van der Waals surface area contributed by atoms with Gasteiger partial charge in [0.1, 0.15) is 12.6 Å². The Labute approximate surface area is 206 Å². The van der Waals surface area contributed by atoms with E-state index in [9.17, 15) is 19.2 Å².